The third kappa shape index (κ3) is 5.40. The van der Waals surface area contributed by atoms with Crippen LogP contribution in [0, 0.1) is 11.8 Å². The molecule has 1 amide bonds. The summed E-state index contributed by atoms with van der Waals surface area (Å²) >= 11 is 11.9. The van der Waals surface area contributed by atoms with Crippen molar-refractivity contribution in [2.24, 2.45) is 17.6 Å². The number of halogens is 3. The van der Waals surface area contributed by atoms with E-state index < -0.39 is 0 Å². The summed E-state index contributed by atoms with van der Waals surface area (Å²) in [5.41, 5.74) is 6.13. The quantitative estimate of drug-likeness (QED) is 0.768. The van der Waals surface area contributed by atoms with Crippen LogP contribution in [-0.2, 0) is 4.79 Å². The Balaban J connectivity index is 0.00000225. The summed E-state index contributed by atoms with van der Waals surface area (Å²) in [4.78, 5) is 12.3. The molecule has 2 atom stereocenters. The zero-order chi connectivity index (χ0) is 17.1. The number of fused-ring (bicyclic) bond motifs is 2. The van der Waals surface area contributed by atoms with Gasteiger partial charge in [-0.05, 0) is 55.7 Å². The summed E-state index contributed by atoms with van der Waals surface area (Å²) in [6, 6.07) is 5.64. The number of benzene rings is 1. The van der Waals surface area contributed by atoms with E-state index in [-0.39, 0.29) is 24.4 Å². The van der Waals surface area contributed by atoms with Gasteiger partial charge < -0.3 is 15.8 Å². The van der Waals surface area contributed by atoms with Crippen molar-refractivity contribution in [3.05, 3.63) is 28.2 Å². The van der Waals surface area contributed by atoms with Crippen LogP contribution in [-0.4, -0.2) is 24.6 Å². The summed E-state index contributed by atoms with van der Waals surface area (Å²) in [5.74, 6) is 1.65. The van der Waals surface area contributed by atoms with Crippen molar-refractivity contribution < 1.29 is 9.53 Å². The molecule has 0 aliphatic heterocycles. The van der Waals surface area contributed by atoms with Gasteiger partial charge >= 0.3 is 0 Å². The summed E-state index contributed by atoms with van der Waals surface area (Å²) < 4.78 is 5.59. The van der Waals surface area contributed by atoms with E-state index in [2.05, 4.69) is 5.32 Å². The number of carbonyl (C=O) groups is 1. The SMILES string of the molecule is Cl.NC1CC2CCCC(C1)C2NC(=O)CCOc1ccc(Cl)cc1Cl. The molecule has 2 aliphatic rings. The molecule has 7 heteroatoms. The van der Waals surface area contributed by atoms with Gasteiger partial charge in [-0.3, -0.25) is 4.79 Å². The minimum Gasteiger partial charge on any atom is -0.491 e. The molecule has 140 valence electrons. The molecule has 2 aliphatic carbocycles. The predicted molar refractivity (Wildman–Crippen MR) is 104 cm³/mol. The predicted octanol–water partition coefficient (Wildman–Crippen LogP) is 4.21. The fraction of sp³-hybridized carbons (Fsp3) is 0.611. The third-order valence-corrected chi connectivity index (χ3v) is 5.72. The van der Waals surface area contributed by atoms with Gasteiger partial charge in [0.15, 0.2) is 0 Å². The second kappa shape index (κ2) is 9.31. The van der Waals surface area contributed by atoms with Gasteiger partial charge in [-0.15, -0.1) is 12.4 Å². The second-order valence-electron chi connectivity index (χ2n) is 6.95. The van der Waals surface area contributed by atoms with Crippen molar-refractivity contribution in [1.29, 1.82) is 0 Å². The van der Waals surface area contributed by atoms with Crippen molar-refractivity contribution in [3.63, 3.8) is 0 Å². The largest absolute Gasteiger partial charge is 0.491 e. The molecule has 3 N–H and O–H groups in total. The van der Waals surface area contributed by atoms with Gasteiger partial charge in [-0.1, -0.05) is 29.6 Å². The fourth-order valence-electron chi connectivity index (χ4n) is 4.13. The van der Waals surface area contributed by atoms with E-state index in [0.717, 1.165) is 12.8 Å². The Morgan fingerprint density at radius 2 is 1.92 bits per heavy atom. The maximum Gasteiger partial charge on any atom is 0.223 e. The normalized spacial score (nSPS) is 28.0. The number of hydrogen-bond acceptors (Lipinski definition) is 3. The van der Waals surface area contributed by atoms with Gasteiger partial charge in [-0.25, -0.2) is 0 Å². The van der Waals surface area contributed by atoms with E-state index in [4.69, 9.17) is 33.7 Å². The number of nitrogens with two attached hydrogens (primary N) is 1. The van der Waals surface area contributed by atoms with Crippen molar-refractivity contribution in [3.8, 4) is 5.75 Å². The first-order chi connectivity index (χ1) is 11.5. The van der Waals surface area contributed by atoms with Gasteiger partial charge in [0.2, 0.25) is 5.91 Å². The summed E-state index contributed by atoms with van der Waals surface area (Å²) in [7, 11) is 0. The van der Waals surface area contributed by atoms with Crippen LogP contribution in [0.4, 0.5) is 0 Å². The molecule has 0 saturated heterocycles. The molecular formula is C18H25Cl3N2O2. The van der Waals surface area contributed by atoms with E-state index >= 15 is 0 Å². The smallest absolute Gasteiger partial charge is 0.223 e. The maximum atomic E-state index is 12.3. The highest BCUT2D eigenvalue weighted by atomic mass is 35.5. The molecule has 0 radical (unpaired) electrons. The zero-order valence-corrected chi connectivity index (χ0v) is 16.4. The lowest BCUT2D eigenvalue weighted by molar-refractivity contribution is -0.123. The first kappa shape index (κ1) is 20.6. The number of carbonyl (C=O) groups excluding carboxylic acids is 1. The Bertz CT molecular complexity index is 586. The monoisotopic (exact) mass is 406 g/mol. The number of rotatable bonds is 5. The van der Waals surface area contributed by atoms with Crippen molar-refractivity contribution in [2.45, 2.75) is 50.6 Å². The Kier molecular flexibility index (Phi) is 7.68. The Morgan fingerprint density at radius 3 is 2.56 bits per heavy atom. The molecule has 3 rings (SSSR count). The third-order valence-electron chi connectivity index (χ3n) is 5.18. The topological polar surface area (TPSA) is 64.3 Å². The summed E-state index contributed by atoms with van der Waals surface area (Å²) in [6.45, 7) is 0.300. The molecule has 0 spiro atoms. The zero-order valence-electron chi connectivity index (χ0n) is 14.0. The van der Waals surface area contributed by atoms with E-state index in [1.54, 1.807) is 18.2 Å². The van der Waals surface area contributed by atoms with Gasteiger partial charge in [0.1, 0.15) is 5.75 Å². The maximum absolute atomic E-state index is 12.3. The van der Waals surface area contributed by atoms with Crippen LogP contribution < -0.4 is 15.8 Å². The molecule has 2 bridgehead atoms. The second-order valence-corrected chi connectivity index (χ2v) is 7.79. The molecule has 4 nitrogen and oxygen atoms in total. The summed E-state index contributed by atoms with van der Waals surface area (Å²) in [6.07, 6.45) is 5.97. The average molecular weight is 408 g/mol. The van der Waals surface area contributed by atoms with Crippen LogP contribution in [0.5, 0.6) is 5.75 Å². The molecular weight excluding hydrogens is 383 g/mol. The van der Waals surface area contributed by atoms with Crippen LogP contribution in [0.1, 0.15) is 38.5 Å². The molecule has 1 aromatic rings. The van der Waals surface area contributed by atoms with Crippen LogP contribution in [0.25, 0.3) is 0 Å². The lowest BCUT2D eigenvalue weighted by atomic mass is 9.67. The number of amides is 1. The van der Waals surface area contributed by atoms with E-state index in [1.165, 1.54) is 19.3 Å². The van der Waals surface area contributed by atoms with Crippen molar-refractivity contribution in [1.82, 2.24) is 5.32 Å². The molecule has 0 aromatic heterocycles. The van der Waals surface area contributed by atoms with E-state index in [9.17, 15) is 4.79 Å². The van der Waals surface area contributed by atoms with E-state index in [1.807, 2.05) is 0 Å². The van der Waals surface area contributed by atoms with Gasteiger partial charge in [0.25, 0.3) is 0 Å². The molecule has 25 heavy (non-hydrogen) atoms. The molecule has 1 aromatic carbocycles. The Morgan fingerprint density at radius 1 is 1.24 bits per heavy atom. The van der Waals surface area contributed by atoms with Crippen LogP contribution in [0.2, 0.25) is 10.0 Å². The molecule has 2 unspecified atom stereocenters. The minimum absolute atomic E-state index is 0. The number of hydrogen-bond donors (Lipinski definition) is 2. The van der Waals surface area contributed by atoms with Crippen molar-refractivity contribution >= 4 is 41.5 Å². The Hall–Kier alpha value is -0.680. The fourth-order valence-corrected chi connectivity index (χ4v) is 4.59. The lowest BCUT2D eigenvalue weighted by Gasteiger charge is -2.45. The highest BCUT2D eigenvalue weighted by molar-refractivity contribution is 6.35. The van der Waals surface area contributed by atoms with Gasteiger partial charge in [0.05, 0.1) is 18.1 Å². The molecule has 2 saturated carbocycles. The number of ether oxygens (including phenoxy) is 1. The summed E-state index contributed by atoms with van der Waals surface area (Å²) in [5, 5.41) is 4.24. The molecule has 0 heterocycles. The number of nitrogens with one attached hydrogen (secondary N) is 1. The van der Waals surface area contributed by atoms with Gasteiger partial charge in [-0.2, -0.15) is 0 Å². The first-order valence-corrected chi connectivity index (χ1v) is 9.41. The minimum atomic E-state index is 0. The highest BCUT2D eigenvalue weighted by Crippen LogP contribution is 2.39. The highest BCUT2D eigenvalue weighted by Gasteiger charge is 2.39. The first-order valence-electron chi connectivity index (χ1n) is 8.65. The van der Waals surface area contributed by atoms with Gasteiger partial charge in [0, 0.05) is 17.1 Å². The Labute approximate surface area is 165 Å². The average Bonchev–Trinajstić information content (AvgIpc) is 2.50. The van der Waals surface area contributed by atoms with Crippen LogP contribution in [0.3, 0.4) is 0 Å². The standard InChI is InChI=1S/C18H24Cl2N2O2.ClH/c19-13-4-5-16(15(20)10-13)24-7-6-17(23)22-18-11-2-1-3-12(18)9-14(21)8-11;/h4-5,10-12,14,18H,1-3,6-9,21H2,(H,22,23);1H. The van der Waals surface area contributed by atoms with Crippen LogP contribution >= 0.6 is 35.6 Å². The van der Waals surface area contributed by atoms with Crippen LogP contribution in [0.15, 0.2) is 18.2 Å². The molecule has 2 fully saturated rings. The van der Waals surface area contributed by atoms with E-state index in [0.29, 0.717) is 46.7 Å². The lowest BCUT2D eigenvalue weighted by Crippen LogP contribution is -2.53. The van der Waals surface area contributed by atoms with Crippen molar-refractivity contribution in [2.75, 3.05) is 6.61 Å².